The summed E-state index contributed by atoms with van der Waals surface area (Å²) in [6, 6.07) is 0. The van der Waals surface area contributed by atoms with Gasteiger partial charge in [-0.05, 0) is 6.92 Å². The van der Waals surface area contributed by atoms with Crippen molar-refractivity contribution in [1.82, 2.24) is 19.6 Å². The van der Waals surface area contributed by atoms with Gasteiger partial charge >= 0.3 is 5.97 Å². The van der Waals surface area contributed by atoms with Crippen molar-refractivity contribution in [3.05, 3.63) is 27.4 Å². The minimum absolute atomic E-state index is 0.0316. The van der Waals surface area contributed by atoms with Gasteiger partial charge in [0.25, 0.3) is 5.56 Å². The van der Waals surface area contributed by atoms with E-state index in [0.29, 0.717) is 5.82 Å². The van der Waals surface area contributed by atoms with Gasteiger partial charge in [0.15, 0.2) is 5.69 Å². The molecular weight excluding hydrogens is 240 g/mol. The van der Waals surface area contributed by atoms with Crippen molar-refractivity contribution in [3.8, 4) is 0 Å². The molecule has 2 aromatic rings. The minimum atomic E-state index is -0.717. The normalized spacial score (nSPS) is 10.8. The summed E-state index contributed by atoms with van der Waals surface area (Å²) >= 11 is 0. The highest BCUT2D eigenvalue weighted by atomic mass is 16.5. The van der Waals surface area contributed by atoms with Crippen molar-refractivity contribution in [2.24, 2.45) is 0 Å². The van der Waals surface area contributed by atoms with Crippen LogP contribution in [0.3, 0.4) is 0 Å². The van der Waals surface area contributed by atoms with Crippen LogP contribution in [0.1, 0.15) is 21.9 Å². The van der Waals surface area contributed by atoms with E-state index in [1.807, 2.05) is 0 Å². The molecule has 2 rings (SSSR count). The van der Waals surface area contributed by atoms with Crippen molar-refractivity contribution in [2.45, 2.75) is 13.3 Å². The van der Waals surface area contributed by atoms with E-state index < -0.39 is 11.5 Å². The molecule has 0 bridgehead atoms. The molecule has 0 aliphatic heterocycles. The monoisotopic (exact) mass is 252 g/mol. The molecule has 18 heavy (non-hydrogen) atoms. The number of nitrogens with one attached hydrogen (secondary N) is 1. The number of nitrogens with zero attached hydrogens (tertiary/aromatic N) is 3. The van der Waals surface area contributed by atoms with E-state index in [2.05, 4.69) is 19.9 Å². The molecule has 0 saturated carbocycles. The molecule has 0 aliphatic carbocycles. The maximum atomic E-state index is 12.2. The van der Waals surface area contributed by atoms with Crippen LogP contribution >= 0.6 is 0 Å². The number of esters is 1. The standard InChI is InChI=1S/C10H12N4O4/c1-5-12-13-10-11-7(9(17)18-2)6(3-4-15)8(16)14(5)10/h15H,3-4H2,1-2H3,(H,11,13). The van der Waals surface area contributed by atoms with E-state index in [0.717, 1.165) is 0 Å². The highest BCUT2D eigenvalue weighted by Crippen LogP contribution is 2.06. The molecule has 0 saturated heterocycles. The fraction of sp³-hybridized carbons (Fsp3) is 0.400. The van der Waals surface area contributed by atoms with Crippen LogP contribution in [-0.4, -0.2) is 44.4 Å². The van der Waals surface area contributed by atoms with Crippen molar-refractivity contribution in [2.75, 3.05) is 13.7 Å². The number of fused-ring (bicyclic) bond motifs is 1. The first-order valence-electron chi connectivity index (χ1n) is 5.26. The largest absolute Gasteiger partial charge is 0.464 e. The van der Waals surface area contributed by atoms with Gasteiger partial charge in [0, 0.05) is 13.0 Å². The van der Waals surface area contributed by atoms with Crippen LogP contribution in [-0.2, 0) is 11.2 Å². The Labute approximate surface area is 101 Å². The quantitative estimate of drug-likeness (QED) is 0.681. The van der Waals surface area contributed by atoms with Crippen molar-refractivity contribution < 1.29 is 14.6 Å². The summed E-state index contributed by atoms with van der Waals surface area (Å²) in [5.74, 6) is -0.122. The van der Waals surface area contributed by atoms with Gasteiger partial charge < -0.3 is 9.84 Å². The molecule has 8 nitrogen and oxygen atoms in total. The Morgan fingerprint density at radius 2 is 2.28 bits per heavy atom. The zero-order chi connectivity index (χ0) is 13.3. The van der Waals surface area contributed by atoms with E-state index in [9.17, 15) is 9.59 Å². The number of carbonyl (C=O) groups is 1. The molecule has 0 amide bonds. The van der Waals surface area contributed by atoms with Crippen molar-refractivity contribution in [3.63, 3.8) is 0 Å². The third kappa shape index (κ3) is 1.76. The topological polar surface area (TPSA) is 110 Å². The molecule has 0 radical (unpaired) electrons. The average Bonchev–Trinajstić information content (AvgIpc) is 2.73. The highest BCUT2D eigenvalue weighted by molar-refractivity contribution is 5.89. The lowest BCUT2D eigenvalue weighted by atomic mass is 10.1. The number of H-pyrrole nitrogens is 1. The molecule has 8 heteroatoms. The number of rotatable bonds is 3. The van der Waals surface area contributed by atoms with E-state index in [4.69, 9.17) is 5.11 Å². The van der Waals surface area contributed by atoms with Crippen LogP contribution < -0.4 is 5.56 Å². The summed E-state index contributed by atoms with van der Waals surface area (Å²) < 4.78 is 5.82. The van der Waals surface area contributed by atoms with E-state index in [1.54, 1.807) is 6.92 Å². The zero-order valence-corrected chi connectivity index (χ0v) is 9.93. The Hall–Kier alpha value is -2.22. The summed E-state index contributed by atoms with van der Waals surface area (Å²) in [6.07, 6.45) is 0.0316. The van der Waals surface area contributed by atoms with Gasteiger partial charge in [0.2, 0.25) is 5.78 Å². The van der Waals surface area contributed by atoms with Gasteiger partial charge in [-0.2, -0.15) is 5.10 Å². The van der Waals surface area contributed by atoms with Crippen LogP contribution in [0.4, 0.5) is 0 Å². The van der Waals surface area contributed by atoms with Gasteiger partial charge in [0.05, 0.1) is 12.7 Å². The number of hydrogen-bond acceptors (Lipinski definition) is 6. The third-order valence-corrected chi connectivity index (χ3v) is 2.56. The predicted molar refractivity (Wildman–Crippen MR) is 60.5 cm³/mol. The van der Waals surface area contributed by atoms with Gasteiger partial charge in [-0.15, -0.1) is 0 Å². The van der Waals surface area contributed by atoms with Crippen LogP contribution in [0.25, 0.3) is 5.78 Å². The van der Waals surface area contributed by atoms with Crippen molar-refractivity contribution >= 4 is 11.7 Å². The zero-order valence-electron chi connectivity index (χ0n) is 9.93. The van der Waals surface area contributed by atoms with Gasteiger partial charge in [0.1, 0.15) is 5.82 Å². The summed E-state index contributed by atoms with van der Waals surface area (Å²) in [7, 11) is 1.20. The van der Waals surface area contributed by atoms with E-state index >= 15 is 0 Å². The molecule has 2 N–H and O–H groups in total. The number of methoxy groups -OCH3 is 1. The molecule has 0 aliphatic rings. The number of aliphatic hydroxyl groups is 1. The second-order valence-corrected chi connectivity index (χ2v) is 3.64. The number of aromatic nitrogens is 4. The average molecular weight is 252 g/mol. The summed E-state index contributed by atoms with van der Waals surface area (Å²) in [5, 5.41) is 15.4. The molecule has 0 atom stereocenters. The third-order valence-electron chi connectivity index (χ3n) is 2.56. The Bertz CT molecular complexity index is 658. The fourth-order valence-electron chi connectivity index (χ4n) is 1.71. The summed E-state index contributed by atoms with van der Waals surface area (Å²) in [6.45, 7) is 1.37. The summed E-state index contributed by atoms with van der Waals surface area (Å²) in [4.78, 5) is 27.8. The molecule has 2 heterocycles. The Morgan fingerprint density at radius 1 is 1.56 bits per heavy atom. The number of carbonyl (C=O) groups excluding carboxylic acids is 1. The first-order chi connectivity index (χ1) is 8.60. The number of hydrogen-bond donors (Lipinski definition) is 2. The Morgan fingerprint density at radius 3 is 2.89 bits per heavy atom. The maximum absolute atomic E-state index is 12.2. The molecular formula is C10H12N4O4. The molecule has 0 unspecified atom stereocenters. The smallest absolute Gasteiger partial charge is 0.357 e. The fourth-order valence-corrected chi connectivity index (χ4v) is 1.71. The second-order valence-electron chi connectivity index (χ2n) is 3.64. The lowest BCUT2D eigenvalue weighted by molar-refractivity contribution is 0.0592. The number of ether oxygens (including phenoxy) is 1. The SMILES string of the molecule is COC(=O)c1nc2[nH]nc(C)n2c(=O)c1CCO. The first-order valence-corrected chi connectivity index (χ1v) is 5.26. The molecule has 0 spiro atoms. The van der Waals surface area contributed by atoms with Gasteiger partial charge in [-0.3, -0.25) is 4.79 Å². The second kappa shape index (κ2) is 4.57. The van der Waals surface area contributed by atoms with Crippen LogP contribution in [0.2, 0.25) is 0 Å². The molecule has 0 fully saturated rings. The Balaban J connectivity index is 2.80. The predicted octanol–water partition coefficient (Wildman–Crippen LogP) is -0.953. The molecule has 96 valence electrons. The minimum Gasteiger partial charge on any atom is -0.464 e. The lowest BCUT2D eigenvalue weighted by Gasteiger charge is -2.05. The Kier molecular flexibility index (Phi) is 3.11. The van der Waals surface area contributed by atoms with Crippen LogP contribution in [0, 0.1) is 6.92 Å². The molecule has 2 aromatic heterocycles. The lowest BCUT2D eigenvalue weighted by Crippen LogP contribution is -2.26. The van der Waals surface area contributed by atoms with Crippen LogP contribution in [0.5, 0.6) is 0 Å². The van der Waals surface area contributed by atoms with Gasteiger partial charge in [-0.25, -0.2) is 19.3 Å². The number of aromatic amines is 1. The number of aliphatic hydroxyl groups excluding tert-OH is 1. The first kappa shape index (κ1) is 12.2. The van der Waals surface area contributed by atoms with Gasteiger partial charge in [-0.1, -0.05) is 0 Å². The highest BCUT2D eigenvalue weighted by Gasteiger charge is 2.20. The van der Waals surface area contributed by atoms with Crippen LogP contribution in [0.15, 0.2) is 4.79 Å². The maximum Gasteiger partial charge on any atom is 0.357 e. The summed E-state index contributed by atoms with van der Waals surface area (Å²) in [5.41, 5.74) is -0.410. The van der Waals surface area contributed by atoms with Crippen molar-refractivity contribution in [1.29, 1.82) is 0 Å². The molecule has 0 aromatic carbocycles. The number of aryl methyl sites for hydroxylation is 1. The van der Waals surface area contributed by atoms with E-state index in [-0.39, 0.29) is 30.1 Å². The van der Waals surface area contributed by atoms with E-state index in [1.165, 1.54) is 11.5 Å².